The zero-order valence-corrected chi connectivity index (χ0v) is 18.8. The lowest BCUT2D eigenvalue weighted by molar-refractivity contribution is 0.0207. The van der Waals surface area contributed by atoms with Crippen molar-refractivity contribution in [1.29, 1.82) is 0 Å². The van der Waals surface area contributed by atoms with Gasteiger partial charge in [-0.25, -0.2) is 0 Å². The van der Waals surface area contributed by atoms with E-state index in [9.17, 15) is 5.11 Å². The van der Waals surface area contributed by atoms with Crippen LogP contribution in [0.25, 0.3) is 11.3 Å². The maximum Gasteiger partial charge on any atom is 0.119 e. The van der Waals surface area contributed by atoms with E-state index in [0.717, 1.165) is 17.9 Å². The Bertz CT molecular complexity index is 903. The molecule has 0 radical (unpaired) electrons. The smallest absolute Gasteiger partial charge is 0.119 e. The van der Waals surface area contributed by atoms with Crippen LogP contribution in [-0.4, -0.2) is 41.9 Å². The molecule has 1 aromatic heterocycles. The summed E-state index contributed by atoms with van der Waals surface area (Å²) < 4.78 is 13.8. The SMILES string of the molecule is CCO[C@H](CO)Cc1ccc(OCCn2c(C)ccc2-c2ccc(SC)cc2)cc1. The lowest BCUT2D eigenvalue weighted by Crippen LogP contribution is -2.20. The monoisotopic (exact) mass is 425 g/mol. The quantitative estimate of drug-likeness (QED) is 0.429. The van der Waals surface area contributed by atoms with Crippen molar-refractivity contribution in [2.24, 2.45) is 0 Å². The summed E-state index contributed by atoms with van der Waals surface area (Å²) in [5.41, 5.74) is 4.79. The highest BCUT2D eigenvalue weighted by Gasteiger charge is 2.09. The lowest BCUT2D eigenvalue weighted by Gasteiger charge is -2.15. The summed E-state index contributed by atoms with van der Waals surface area (Å²) in [5.74, 6) is 0.853. The Labute approximate surface area is 183 Å². The first-order valence-electron chi connectivity index (χ1n) is 10.4. The average Bonchev–Trinajstić information content (AvgIpc) is 3.15. The number of aliphatic hydroxyl groups excluding tert-OH is 1. The lowest BCUT2D eigenvalue weighted by atomic mass is 10.1. The van der Waals surface area contributed by atoms with Crippen molar-refractivity contribution in [3.05, 3.63) is 71.9 Å². The molecule has 4 nitrogen and oxygen atoms in total. The van der Waals surface area contributed by atoms with E-state index in [0.29, 0.717) is 19.6 Å². The van der Waals surface area contributed by atoms with Crippen LogP contribution < -0.4 is 4.74 Å². The fraction of sp³-hybridized carbons (Fsp3) is 0.360. The van der Waals surface area contributed by atoms with E-state index < -0.39 is 0 Å². The van der Waals surface area contributed by atoms with Gasteiger partial charge in [0.05, 0.1) is 19.3 Å². The Kier molecular flexibility index (Phi) is 8.43. The molecule has 0 saturated carbocycles. The van der Waals surface area contributed by atoms with E-state index in [-0.39, 0.29) is 12.7 Å². The first-order valence-corrected chi connectivity index (χ1v) is 11.6. The Morgan fingerprint density at radius 3 is 2.37 bits per heavy atom. The standard InChI is InChI=1S/C25H31NO3S/c1-4-28-23(18-27)17-20-6-10-22(11-7-20)29-16-15-26-19(2)5-14-25(26)21-8-12-24(30-3)13-9-21/h5-14,23,27H,4,15-18H2,1-3H3/t23-/m0/s1. The summed E-state index contributed by atoms with van der Waals surface area (Å²) in [5, 5.41) is 9.38. The molecule has 1 atom stereocenters. The molecule has 3 aromatic rings. The Morgan fingerprint density at radius 1 is 1.00 bits per heavy atom. The summed E-state index contributed by atoms with van der Waals surface area (Å²) in [4.78, 5) is 1.27. The van der Waals surface area contributed by atoms with Gasteiger partial charge in [-0.15, -0.1) is 11.8 Å². The maximum atomic E-state index is 9.38. The summed E-state index contributed by atoms with van der Waals surface area (Å²) in [7, 11) is 0. The molecule has 0 bridgehead atoms. The normalized spacial score (nSPS) is 12.1. The number of thioether (sulfide) groups is 1. The fourth-order valence-corrected chi connectivity index (χ4v) is 3.94. The number of hydrogen-bond acceptors (Lipinski definition) is 4. The summed E-state index contributed by atoms with van der Waals surface area (Å²) >= 11 is 1.76. The van der Waals surface area contributed by atoms with Crippen LogP contribution in [0, 0.1) is 6.92 Å². The zero-order chi connectivity index (χ0) is 21.3. The second kappa shape index (κ2) is 11.3. The molecule has 0 saturated heterocycles. The third-order valence-electron chi connectivity index (χ3n) is 5.16. The molecule has 1 heterocycles. The Morgan fingerprint density at radius 2 is 1.73 bits per heavy atom. The number of hydrogen-bond donors (Lipinski definition) is 1. The molecule has 0 spiro atoms. The third-order valence-corrected chi connectivity index (χ3v) is 5.90. The van der Waals surface area contributed by atoms with E-state index >= 15 is 0 Å². The minimum absolute atomic E-state index is 0.0324. The van der Waals surface area contributed by atoms with Crippen LogP contribution in [0.2, 0.25) is 0 Å². The van der Waals surface area contributed by atoms with Crippen LogP contribution in [-0.2, 0) is 17.7 Å². The van der Waals surface area contributed by atoms with Gasteiger partial charge in [-0.1, -0.05) is 24.3 Å². The average molecular weight is 426 g/mol. The molecule has 0 aliphatic rings. The highest BCUT2D eigenvalue weighted by molar-refractivity contribution is 7.98. The highest BCUT2D eigenvalue weighted by atomic mass is 32.2. The van der Waals surface area contributed by atoms with Gasteiger partial charge in [-0.05, 0) is 67.6 Å². The van der Waals surface area contributed by atoms with Crippen molar-refractivity contribution >= 4 is 11.8 Å². The number of aliphatic hydroxyl groups is 1. The van der Waals surface area contributed by atoms with Gasteiger partial charge >= 0.3 is 0 Å². The molecule has 0 fully saturated rings. The molecule has 3 rings (SSSR count). The van der Waals surface area contributed by atoms with Crippen LogP contribution in [0.15, 0.2) is 65.6 Å². The summed E-state index contributed by atoms with van der Waals surface area (Å²) in [6.45, 7) is 6.10. The molecule has 0 aliphatic carbocycles. The van der Waals surface area contributed by atoms with Crippen LogP contribution in [0.4, 0.5) is 0 Å². The van der Waals surface area contributed by atoms with Crippen molar-refractivity contribution in [2.75, 3.05) is 26.1 Å². The van der Waals surface area contributed by atoms with E-state index in [1.807, 2.05) is 31.2 Å². The van der Waals surface area contributed by atoms with Crippen molar-refractivity contribution in [2.45, 2.75) is 37.8 Å². The molecule has 0 amide bonds. The Hall–Kier alpha value is -2.21. The van der Waals surface area contributed by atoms with Crippen LogP contribution in [0.5, 0.6) is 5.75 Å². The summed E-state index contributed by atoms with van der Waals surface area (Å²) in [6, 6.07) is 21.1. The fourth-order valence-electron chi connectivity index (χ4n) is 3.53. The first kappa shape index (κ1) is 22.5. The largest absolute Gasteiger partial charge is 0.492 e. The predicted octanol–water partition coefficient (Wildman–Crippen LogP) is 5.20. The maximum absolute atomic E-state index is 9.38. The van der Waals surface area contributed by atoms with Crippen LogP contribution in [0.3, 0.4) is 0 Å². The molecule has 5 heteroatoms. The molecule has 30 heavy (non-hydrogen) atoms. The van der Waals surface area contributed by atoms with Crippen LogP contribution >= 0.6 is 11.8 Å². The molecule has 160 valence electrons. The predicted molar refractivity (Wildman–Crippen MR) is 125 cm³/mol. The molecule has 0 aliphatic heterocycles. The van der Waals surface area contributed by atoms with Gasteiger partial charge in [-0.3, -0.25) is 0 Å². The van der Waals surface area contributed by atoms with E-state index in [2.05, 4.69) is 54.1 Å². The molecule has 0 unspecified atom stereocenters. The van der Waals surface area contributed by atoms with Gasteiger partial charge in [0.15, 0.2) is 0 Å². The van der Waals surface area contributed by atoms with E-state index in [4.69, 9.17) is 9.47 Å². The Balaban J connectivity index is 1.58. The third kappa shape index (κ3) is 5.91. The van der Waals surface area contributed by atoms with Crippen molar-refractivity contribution in [3.63, 3.8) is 0 Å². The second-order valence-electron chi connectivity index (χ2n) is 7.20. The minimum Gasteiger partial charge on any atom is -0.492 e. The van der Waals surface area contributed by atoms with Gasteiger partial charge in [0.1, 0.15) is 12.4 Å². The number of nitrogens with zero attached hydrogens (tertiary/aromatic N) is 1. The van der Waals surface area contributed by atoms with E-state index in [1.54, 1.807) is 11.8 Å². The summed E-state index contributed by atoms with van der Waals surface area (Å²) in [6.07, 6.45) is 2.64. The van der Waals surface area contributed by atoms with Gasteiger partial charge in [0.2, 0.25) is 0 Å². The first-order chi connectivity index (χ1) is 14.6. The number of benzene rings is 2. The topological polar surface area (TPSA) is 43.6 Å². The van der Waals surface area contributed by atoms with E-state index in [1.165, 1.54) is 21.8 Å². The van der Waals surface area contributed by atoms with Gasteiger partial charge < -0.3 is 19.1 Å². The van der Waals surface area contributed by atoms with Crippen molar-refractivity contribution in [1.82, 2.24) is 4.57 Å². The number of rotatable bonds is 11. The number of aromatic nitrogens is 1. The molecule has 1 N–H and O–H groups in total. The van der Waals surface area contributed by atoms with Gasteiger partial charge in [0, 0.05) is 29.3 Å². The highest BCUT2D eigenvalue weighted by Crippen LogP contribution is 2.25. The number of aryl methyl sites for hydroxylation is 1. The molecular formula is C25H31NO3S. The molecular weight excluding hydrogens is 394 g/mol. The van der Waals surface area contributed by atoms with Gasteiger partial charge in [-0.2, -0.15) is 0 Å². The minimum atomic E-state index is -0.151. The van der Waals surface area contributed by atoms with Gasteiger partial charge in [0.25, 0.3) is 0 Å². The number of ether oxygens (including phenoxy) is 2. The van der Waals surface area contributed by atoms with Crippen molar-refractivity contribution < 1.29 is 14.6 Å². The zero-order valence-electron chi connectivity index (χ0n) is 18.0. The van der Waals surface area contributed by atoms with Crippen LogP contribution in [0.1, 0.15) is 18.2 Å². The molecule has 2 aromatic carbocycles. The van der Waals surface area contributed by atoms with Crippen molar-refractivity contribution in [3.8, 4) is 17.0 Å². The second-order valence-corrected chi connectivity index (χ2v) is 8.08.